The highest BCUT2D eigenvalue weighted by Crippen LogP contribution is 2.26. The van der Waals surface area contributed by atoms with Crippen molar-refractivity contribution in [2.75, 3.05) is 17.6 Å². The lowest BCUT2D eigenvalue weighted by atomic mass is 10.0. The summed E-state index contributed by atoms with van der Waals surface area (Å²) < 4.78 is 13.2. The van der Waals surface area contributed by atoms with Gasteiger partial charge in [-0.15, -0.1) is 0 Å². The van der Waals surface area contributed by atoms with E-state index in [1.54, 1.807) is 10.6 Å². The third-order valence-electron chi connectivity index (χ3n) is 2.28. The summed E-state index contributed by atoms with van der Waals surface area (Å²) in [5.74, 6) is 0.456. The van der Waals surface area contributed by atoms with Gasteiger partial charge < -0.3 is 0 Å². The van der Waals surface area contributed by atoms with E-state index in [0.717, 1.165) is 5.69 Å². The molecule has 0 amide bonds. The van der Waals surface area contributed by atoms with Crippen molar-refractivity contribution >= 4 is 16.7 Å². The minimum Gasteiger partial charge on any atom is -0.295 e. The van der Waals surface area contributed by atoms with Crippen LogP contribution in [-0.4, -0.2) is 17.5 Å². The molecule has 3 heteroatoms. The van der Waals surface area contributed by atoms with E-state index in [-0.39, 0.29) is 0 Å². The van der Waals surface area contributed by atoms with Crippen LogP contribution in [0.1, 0.15) is 25.3 Å². The summed E-state index contributed by atoms with van der Waals surface area (Å²) >= 11 is 0. The van der Waals surface area contributed by atoms with Gasteiger partial charge in [0.25, 0.3) is 0 Å². The van der Waals surface area contributed by atoms with Crippen molar-refractivity contribution in [1.29, 1.82) is 0 Å². The molecule has 0 spiro atoms. The fourth-order valence-corrected chi connectivity index (χ4v) is 1.84. The Bertz CT molecular complexity index is 336. The Balaban J connectivity index is 3.13. The summed E-state index contributed by atoms with van der Waals surface area (Å²) in [6.07, 6.45) is 1.69. The quantitative estimate of drug-likeness (QED) is 0.752. The zero-order chi connectivity index (χ0) is 10.7. The minimum atomic E-state index is -0.955. The SMILES string of the molecule is CC(C)c1ccccc1N(C)S(C)=O. The van der Waals surface area contributed by atoms with Gasteiger partial charge in [-0.2, -0.15) is 0 Å². The van der Waals surface area contributed by atoms with Gasteiger partial charge in [0, 0.05) is 13.3 Å². The van der Waals surface area contributed by atoms with Gasteiger partial charge in [-0.1, -0.05) is 32.0 Å². The molecule has 0 aliphatic carbocycles. The Morgan fingerprint density at radius 3 is 2.36 bits per heavy atom. The molecule has 1 aromatic carbocycles. The van der Waals surface area contributed by atoms with E-state index in [9.17, 15) is 4.21 Å². The Hall–Kier alpha value is -0.830. The molecule has 0 saturated carbocycles. The molecule has 0 heterocycles. The molecule has 1 rings (SSSR count). The van der Waals surface area contributed by atoms with E-state index >= 15 is 0 Å². The van der Waals surface area contributed by atoms with E-state index in [1.807, 2.05) is 25.2 Å². The van der Waals surface area contributed by atoms with Crippen LogP contribution in [0.2, 0.25) is 0 Å². The largest absolute Gasteiger partial charge is 0.295 e. The monoisotopic (exact) mass is 211 g/mol. The lowest BCUT2D eigenvalue weighted by molar-refractivity contribution is 0.685. The first-order chi connectivity index (χ1) is 6.54. The van der Waals surface area contributed by atoms with Crippen molar-refractivity contribution in [1.82, 2.24) is 0 Å². The van der Waals surface area contributed by atoms with Gasteiger partial charge in [0.15, 0.2) is 0 Å². The van der Waals surface area contributed by atoms with Crippen LogP contribution in [-0.2, 0) is 11.0 Å². The zero-order valence-corrected chi connectivity index (χ0v) is 9.97. The second-order valence-corrected chi connectivity index (χ2v) is 5.03. The van der Waals surface area contributed by atoms with Crippen molar-refractivity contribution in [3.05, 3.63) is 29.8 Å². The second-order valence-electron chi connectivity index (χ2n) is 3.63. The summed E-state index contributed by atoms with van der Waals surface area (Å²) in [4.78, 5) is 0. The van der Waals surface area contributed by atoms with Crippen LogP contribution >= 0.6 is 0 Å². The molecule has 0 saturated heterocycles. The van der Waals surface area contributed by atoms with Gasteiger partial charge in [-0.05, 0) is 17.5 Å². The lowest BCUT2D eigenvalue weighted by Gasteiger charge is -2.21. The smallest absolute Gasteiger partial charge is 0.116 e. The number of nitrogens with zero attached hydrogens (tertiary/aromatic N) is 1. The van der Waals surface area contributed by atoms with Crippen LogP contribution in [0.3, 0.4) is 0 Å². The molecule has 78 valence electrons. The maximum absolute atomic E-state index is 11.4. The molecule has 14 heavy (non-hydrogen) atoms. The number of rotatable bonds is 3. The number of anilines is 1. The number of para-hydroxylation sites is 1. The molecular formula is C11H17NOS. The summed E-state index contributed by atoms with van der Waals surface area (Å²) in [5, 5.41) is 0. The lowest BCUT2D eigenvalue weighted by Crippen LogP contribution is -2.20. The van der Waals surface area contributed by atoms with Crippen LogP contribution < -0.4 is 4.31 Å². The molecule has 0 aromatic heterocycles. The first-order valence-corrected chi connectivity index (χ1v) is 6.21. The maximum Gasteiger partial charge on any atom is 0.116 e. The van der Waals surface area contributed by atoms with Gasteiger partial charge in [0.1, 0.15) is 11.0 Å². The number of hydrogen-bond donors (Lipinski definition) is 0. The number of benzene rings is 1. The van der Waals surface area contributed by atoms with Gasteiger partial charge >= 0.3 is 0 Å². The zero-order valence-electron chi connectivity index (χ0n) is 9.15. The van der Waals surface area contributed by atoms with Crippen molar-refractivity contribution in [3.63, 3.8) is 0 Å². The van der Waals surface area contributed by atoms with Gasteiger partial charge in [-0.3, -0.25) is 4.31 Å². The number of hydrogen-bond acceptors (Lipinski definition) is 1. The standard InChI is InChI=1S/C11H17NOS/c1-9(2)10-7-5-6-8-11(10)12(3)14(4)13/h5-9H,1-4H3. The molecule has 1 atom stereocenters. The van der Waals surface area contributed by atoms with E-state index in [2.05, 4.69) is 19.9 Å². The third-order valence-corrected chi connectivity index (χ3v) is 3.25. The molecular weight excluding hydrogens is 194 g/mol. The molecule has 0 bridgehead atoms. The Morgan fingerprint density at radius 2 is 1.86 bits per heavy atom. The molecule has 1 aromatic rings. The minimum absolute atomic E-state index is 0.456. The average Bonchev–Trinajstić information content (AvgIpc) is 2.16. The van der Waals surface area contributed by atoms with E-state index in [4.69, 9.17) is 0 Å². The Morgan fingerprint density at radius 1 is 1.29 bits per heavy atom. The Labute approximate surface area is 88.5 Å². The van der Waals surface area contributed by atoms with Crippen LogP contribution in [0.25, 0.3) is 0 Å². The van der Waals surface area contributed by atoms with Crippen molar-refractivity contribution in [2.45, 2.75) is 19.8 Å². The van der Waals surface area contributed by atoms with Gasteiger partial charge in [0.2, 0.25) is 0 Å². The molecule has 0 radical (unpaired) electrons. The highest BCUT2D eigenvalue weighted by atomic mass is 32.2. The third kappa shape index (κ3) is 2.35. The molecule has 0 aliphatic heterocycles. The maximum atomic E-state index is 11.4. The summed E-state index contributed by atoms with van der Waals surface area (Å²) in [6, 6.07) is 8.09. The van der Waals surface area contributed by atoms with Crippen molar-refractivity contribution in [2.24, 2.45) is 0 Å². The topological polar surface area (TPSA) is 20.3 Å². The van der Waals surface area contributed by atoms with Crippen molar-refractivity contribution in [3.8, 4) is 0 Å². The predicted molar refractivity (Wildman–Crippen MR) is 63.0 cm³/mol. The van der Waals surface area contributed by atoms with E-state index < -0.39 is 11.0 Å². The van der Waals surface area contributed by atoms with Crippen molar-refractivity contribution < 1.29 is 4.21 Å². The molecule has 2 nitrogen and oxygen atoms in total. The second kappa shape index (κ2) is 4.60. The average molecular weight is 211 g/mol. The molecule has 0 N–H and O–H groups in total. The summed E-state index contributed by atoms with van der Waals surface area (Å²) in [7, 11) is 0.904. The molecule has 0 fully saturated rings. The fourth-order valence-electron chi connectivity index (χ4n) is 1.40. The summed E-state index contributed by atoms with van der Waals surface area (Å²) in [5.41, 5.74) is 2.30. The van der Waals surface area contributed by atoms with Gasteiger partial charge in [-0.25, -0.2) is 4.21 Å². The predicted octanol–water partition coefficient (Wildman–Crippen LogP) is 2.54. The fraction of sp³-hybridized carbons (Fsp3) is 0.455. The van der Waals surface area contributed by atoms with Crippen LogP contribution in [0.4, 0.5) is 5.69 Å². The van der Waals surface area contributed by atoms with Crippen LogP contribution in [0, 0.1) is 0 Å². The molecule has 1 unspecified atom stereocenters. The Kier molecular flexibility index (Phi) is 3.69. The molecule has 0 aliphatic rings. The van der Waals surface area contributed by atoms with Gasteiger partial charge in [0.05, 0.1) is 5.69 Å². The highest BCUT2D eigenvalue weighted by molar-refractivity contribution is 7.85. The summed E-state index contributed by atoms with van der Waals surface area (Å²) in [6.45, 7) is 4.29. The van der Waals surface area contributed by atoms with Crippen LogP contribution in [0.5, 0.6) is 0 Å². The van der Waals surface area contributed by atoms with E-state index in [0.29, 0.717) is 5.92 Å². The first-order valence-electron chi connectivity index (χ1n) is 4.70. The first kappa shape index (κ1) is 11.2. The normalized spacial score (nSPS) is 12.9. The van der Waals surface area contributed by atoms with E-state index in [1.165, 1.54) is 5.56 Å². The van der Waals surface area contributed by atoms with Crippen LogP contribution in [0.15, 0.2) is 24.3 Å². The highest BCUT2D eigenvalue weighted by Gasteiger charge is 2.11.